The van der Waals surface area contributed by atoms with E-state index in [9.17, 15) is 4.21 Å². The van der Waals surface area contributed by atoms with Gasteiger partial charge in [-0.2, -0.15) is 0 Å². The molecule has 0 heterocycles. The van der Waals surface area contributed by atoms with Gasteiger partial charge in [-0.25, -0.2) is 8.51 Å². The van der Waals surface area contributed by atoms with Gasteiger partial charge >= 0.3 is 0 Å². The van der Waals surface area contributed by atoms with Crippen molar-refractivity contribution in [1.29, 1.82) is 0 Å². The van der Waals surface area contributed by atoms with E-state index in [4.69, 9.17) is 0 Å². The minimum absolute atomic E-state index is 0.106. The summed E-state index contributed by atoms with van der Waals surface area (Å²) in [5.41, 5.74) is 0. The molecule has 0 amide bonds. The van der Waals surface area contributed by atoms with E-state index >= 15 is 0 Å². The second kappa shape index (κ2) is 3.16. The normalized spacial score (nSPS) is 11.0. The summed E-state index contributed by atoms with van der Waals surface area (Å²) in [5.74, 6) is 0. The minimum atomic E-state index is 0.106. The Morgan fingerprint density at radius 3 is 2.00 bits per heavy atom. The maximum absolute atomic E-state index is 9.97. The predicted molar refractivity (Wildman–Crippen MR) is 32.4 cm³/mol. The maximum atomic E-state index is 9.97. The molecule has 0 radical (unpaired) electrons. The quantitative estimate of drug-likeness (QED) is 0.517. The summed E-state index contributed by atoms with van der Waals surface area (Å²) in [6, 6.07) is 0.374. The Kier molecular flexibility index (Phi) is 3.21. The summed E-state index contributed by atoms with van der Waals surface area (Å²) >= 11 is 0.106. The van der Waals surface area contributed by atoms with E-state index in [1.54, 1.807) is 11.4 Å². The Hall–Kier alpha value is 0.110. The van der Waals surface area contributed by atoms with Crippen molar-refractivity contribution < 1.29 is 4.21 Å². The van der Waals surface area contributed by atoms with Crippen molar-refractivity contribution in [2.75, 3.05) is 7.05 Å². The summed E-state index contributed by atoms with van der Waals surface area (Å²) in [4.78, 5) is 0. The van der Waals surface area contributed by atoms with E-state index in [0.717, 1.165) is 0 Å². The standard InChI is InChI=1S/C4H11NOS/c1-4(2)5(3)7-6/h4,7H,1-3H3. The van der Waals surface area contributed by atoms with Crippen LogP contribution in [-0.4, -0.2) is 21.6 Å². The van der Waals surface area contributed by atoms with Crippen LogP contribution in [0.4, 0.5) is 0 Å². The summed E-state index contributed by atoms with van der Waals surface area (Å²) in [6.07, 6.45) is 0. The third kappa shape index (κ3) is 2.76. The lowest BCUT2D eigenvalue weighted by Crippen LogP contribution is -2.20. The molecular formula is C4H11NOS. The van der Waals surface area contributed by atoms with Gasteiger partial charge in [0.15, 0.2) is 0 Å². The first-order valence-corrected chi connectivity index (χ1v) is 3.01. The Labute approximate surface area is 48.1 Å². The smallest absolute Gasteiger partial charge is 0.0808 e. The molecule has 0 aromatic rings. The molecule has 0 fully saturated rings. The summed E-state index contributed by atoms with van der Waals surface area (Å²) in [7, 11) is 1.80. The molecule has 0 spiro atoms. The van der Waals surface area contributed by atoms with Gasteiger partial charge in [0.2, 0.25) is 0 Å². The van der Waals surface area contributed by atoms with Crippen LogP contribution in [0.3, 0.4) is 0 Å². The molecule has 0 rings (SSSR count). The van der Waals surface area contributed by atoms with Crippen molar-refractivity contribution in [2.45, 2.75) is 19.9 Å². The fraction of sp³-hybridized carbons (Fsp3) is 1.00. The third-order valence-electron chi connectivity index (χ3n) is 0.876. The van der Waals surface area contributed by atoms with Crippen molar-refractivity contribution in [3.63, 3.8) is 0 Å². The van der Waals surface area contributed by atoms with Gasteiger partial charge in [-0.15, -0.1) is 0 Å². The van der Waals surface area contributed by atoms with Gasteiger partial charge in [0.25, 0.3) is 0 Å². The highest BCUT2D eigenvalue weighted by molar-refractivity contribution is 7.62. The molecule has 0 unspecified atom stereocenters. The number of hydrogen-bond acceptors (Lipinski definition) is 1. The van der Waals surface area contributed by atoms with Crippen LogP contribution in [0.1, 0.15) is 13.8 Å². The molecular weight excluding hydrogens is 110 g/mol. The second-order valence-corrected chi connectivity index (χ2v) is 2.54. The first-order valence-electron chi connectivity index (χ1n) is 2.24. The average molecular weight is 121 g/mol. The van der Waals surface area contributed by atoms with Crippen LogP contribution in [0.5, 0.6) is 0 Å². The molecule has 3 heteroatoms. The maximum Gasteiger partial charge on any atom is 0.0808 e. The van der Waals surface area contributed by atoms with Gasteiger partial charge in [0.1, 0.15) is 0 Å². The molecule has 0 aliphatic rings. The van der Waals surface area contributed by atoms with Gasteiger partial charge in [-0.05, 0) is 20.9 Å². The molecule has 0 aromatic carbocycles. The summed E-state index contributed by atoms with van der Waals surface area (Å²) in [5, 5.41) is 0. The molecule has 0 aliphatic heterocycles. The van der Waals surface area contributed by atoms with Crippen LogP contribution in [0, 0.1) is 0 Å². The fourth-order valence-electron chi connectivity index (χ4n) is 0.0943. The van der Waals surface area contributed by atoms with E-state index in [0.29, 0.717) is 6.04 Å². The van der Waals surface area contributed by atoms with E-state index < -0.39 is 0 Å². The van der Waals surface area contributed by atoms with E-state index in [1.807, 2.05) is 13.8 Å². The number of hydrogen-bond donors (Lipinski definition) is 1. The van der Waals surface area contributed by atoms with Crippen molar-refractivity contribution in [3.8, 4) is 0 Å². The SMILES string of the molecule is CC(C)N(C)[SH]=O. The molecule has 0 aromatic heterocycles. The first kappa shape index (κ1) is 7.11. The van der Waals surface area contributed by atoms with Crippen LogP contribution >= 0.6 is 0 Å². The number of rotatable bonds is 2. The lowest BCUT2D eigenvalue weighted by atomic mass is 10.4. The minimum Gasteiger partial charge on any atom is -0.246 e. The Morgan fingerprint density at radius 1 is 1.57 bits per heavy atom. The number of nitrogens with zero attached hydrogens (tertiary/aromatic N) is 1. The third-order valence-corrected chi connectivity index (χ3v) is 1.60. The molecule has 0 saturated heterocycles. The van der Waals surface area contributed by atoms with Crippen molar-refractivity contribution in [2.24, 2.45) is 0 Å². The highest BCUT2D eigenvalue weighted by Gasteiger charge is 1.96. The van der Waals surface area contributed by atoms with E-state index in [2.05, 4.69) is 0 Å². The Balaban J connectivity index is 3.33. The Bertz CT molecular complexity index is 64.7. The zero-order valence-corrected chi connectivity index (χ0v) is 5.77. The van der Waals surface area contributed by atoms with Crippen LogP contribution < -0.4 is 0 Å². The lowest BCUT2D eigenvalue weighted by molar-refractivity contribution is 0.453. The van der Waals surface area contributed by atoms with Crippen LogP contribution in [0.2, 0.25) is 0 Å². The lowest BCUT2D eigenvalue weighted by Gasteiger charge is -2.10. The summed E-state index contributed by atoms with van der Waals surface area (Å²) in [6.45, 7) is 3.98. The molecule has 7 heavy (non-hydrogen) atoms. The van der Waals surface area contributed by atoms with Crippen LogP contribution in [-0.2, 0) is 11.9 Å². The second-order valence-electron chi connectivity index (χ2n) is 1.75. The topological polar surface area (TPSA) is 20.3 Å². The van der Waals surface area contributed by atoms with Gasteiger partial charge in [0.05, 0.1) is 11.9 Å². The molecule has 0 bridgehead atoms. The van der Waals surface area contributed by atoms with Crippen molar-refractivity contribution in [1.82, 2.24) is 4.31 Å². The van der Waals surface area contributed by atoms with Gasteiger partial charge in [-0.1, -0.05) is 0 Å². The zero-order valence-electron chi connectivity index (χ0n) is 4.88. The fourth-order valence-corrected chi connectivity index (χ4v) is 0.283. The molecule has 0 aliphatic carbocycles. The highest BCUT2D eigenvalue weighted by atomic mass is 32.2. The first-order chi connectivity index (χ1) is 3.18. The van der Waals surface area contributed by atoms with Gasteiger partial charge < -0.3 is 0 Å². The van der Waals surface area contributed by atoms with Gasteiger partial charge in [0, 0.05) is 6.04 Å². The van der Waals surface area contributed by atoms with Crippen LogP contribution in [0.15, 0.2) is 0 Å². The molecule has 0 saturated carbocycles. The number of thiol groups is 1. The van der Waals surface area contributed by atoms with Crippen LogP contribution in [0.25, 0.3) is 0 Å². The molecule has 0 N–H and O–H groups in total. The highest BCUT2D eigenvalue weighted by Crippen LogP contribution is 1.87. The Morgan fingerprint density at radius 2 is 2.00 bits per heavy atom. The zero-order chi connectivity index (χ0) is 5.86. The predicted octanol–water partition coefficient (Wildman–Crippen LogP) is 0.187. The molecule has 2 nitrogen and oxygen atoms in total. The van der Waals surface area contributed by atoms with Crippen molar-refractivity contribution in [3.05, 3.63) is 0 Å². The van der Waals surface area contributed by atoms with E-state index in [-0.39, 0.29) is 11.9 Å². The molecule has 0 atom stereocenters. The van der Waals surface area contributed by atoms with Crippen molar-refractivity contribution >= 4 is 11.9 Å². The largest absolute Gasteiger partial charge is 0.246 e. The monoisotopic (exact) mass is 121 g/mol. The van der Waals surface area contributed by atoms with E-state index in [1.165, 1.54) is 0 Å². The van der Waals surface area contributed by atoms with Gasteiger partial charge in [-0.3, -0.25) is 0 Å². The molecule has 44 valence electrons. The average Bonchev–Trinajstić information content (AvgIpc) is 1.65. The summed E-state index contributed by atoms with van der Waals surface area (Å²) < 4.78 is 11.7.